The Morgan fingerprint density at radius 3 is 2.59 bits per heavy atom. The molecule has 2 aliphatic rings. The highest BCUT2D eigenvalue weighted by atomic mass is 16.6. The number of hydrazine groups is 1. The van der Waals surface area contributed by atoms with Crippen molar-refractivity contribution in [3.05, 3.63) is 42.5 Å². The highest BCUT2D eigenvalue weighted by Gasteiger charge is 2.31. The van der Waals surface area contributed by atoms with Gasteiger partial charge in [0.2, 0.25) is 0 Å². The van der Waals surface area contributed by atoms with Gasteiger partial charge in [0.25, 0.3) is 0 Å². The molecule has 2 fully saturated rings. The molecule has 1 aromatic heterocycles. The molecule has 37 heavy (non-hydrogen) atoms. The molecule has 1 atom stereocenters. The van der Waals surface area contributed by atoms with Crippen LogP contribution >= 0.6 is 0 Å². The van der Waals surface area contributed by atoms with Crippen LogP contribution in [0.25, 0.3) is 22.2 Å². The second-order valence-corrected chi connectivity index (χ2v) is 9.94. The maximum absolute atomic E-state index is 12.3. The minimum Gasteiger partial charge on any atom is -0.492 e. The van der Waals surface area contributed by atoms with Crippen LogP contribution in [0.15, 0.2) is 42.5 Å². The summed E-state index contributed by atoms with van der Waals surface area (Å²) in [4.78, 5) is 12.3. The van der Waals surface area contributed by atoms with Crippen LogP contribution < -0.4 is 21.2 Å². The molecule has 2 aliphatic carbocycles. The Balaban J connectivity index is 1.37. The number of rotatable bonds is 11. The van der Waals surface area contributed by atoms with Gasteiger partial charge in [-0.1, -0.05) is 12.1 Å². The molecule has 0 bridgehead atoms. The second kappa shape index (κ2) is 10.7. The summed E-state index contributed by atoms with van der Waals surface area (Å²) in [5.41, 5.74) is 14.2. The van der Waals surface area contributed by atoms with Crippen LogP contribution in [0, 0.1) is 11.3 Å². The summed E-state index contributed by atoms with van der Waals surface area (Å²) >= 11 is 0. The summed E-state index contributed by atoms with van der Waals surface area (Å²) in [5, 5.41) is 12.8. The predicted octanol–water partition coefficient (Wildman–Crippen LogP) is 5.38. The van der Waals surface area contributed by atoms with Gasteiger partial charge in [0.05, 0.1) is 29.8 Å². The van der Waals surface area contributed by atoms with Gasteiger partial charge in [0.1, 0.15) is 18.5 Å². The summed E-state index contributed by atoms with van der Waals surface area (Å²) in [7, 11) is 1.77. The Hall–Kier alpha value is -3.72. The summed E-state index contributed by atoms with van der Waals surface area (Å²) in [5.74, 6) is 1.25. The number of hydrogen-bond donors (Lipinski definition) is 4. The number of fused-ring (bicyclic) bond motifs is 1. The van der Waals surface area contributed by atoms with Crippen molar-refractivity contribution in [1.29, 1.82) is 5.41 Å². The largest absolute Gasteiger partial charge is 0.492 e. The number of aromatic nitrogens is 1. The van der Waals surface area contributed by atoms with Crippen molar-refractivity contribution < 1.29 is 14.3 Å². The van der Waals surface area contributed by atoms with E-state index < -0.39 is 6.09 Å². The Bertz CT molecular complexity index is 1260. The third-order valence-electron chi connectivity index (χ3n) is 7.48. The van der Waals surface area contributed by atoms with E-state index in [0.29, 0.717) is 30.8 Å². The number of nitrogen functional groups attached to an aromatic ring is 1. The zero-order chi connectivity index (χ0) is 25.9. The monoisotopic (exact) mass is 504 g/mol. The van der Waals surface area contributed by atoms with Crippen molar-refractivity contribution in [2.45, 2.75) is 51.2 Å². The first-order valence-corrected chi connectivity index (χ1v) is 13.1. The molecule has 1 heterocycles. The van der Waals surface area contributed by atoms with Crippen molar-refractivity contribution >= 4 is 34.7 Å². The van der Waals surface area contributed by atoms with Gasteiger partial charge in [-0.2, -0.15) is 0 Å². The number of nitrogens with zero attached hydrogens (tertiary/aromatic N) is 2. The topological polar surface area (TPSA) is 118 Å². The second-order valence-electron chi connectivity index (χ2n) is 9.94. The van der Waals surface area contributed by atoms with Crippen LogP contribution in [0.5, 0.6) is 5.75 Å². The SMILES string of the molecule is CNN(C=N)CCOc1ccc2c(c1)c(N)c(-c1ccc(NC(=O)O[C@H](C)C3CC3)cc1)n2C1CCC1. The Morgan fingerprint density at radius 2 is 1.97 bits per heavy atom. The smallest absolute Gasteiger partial charge is 0.411 e. The lowest BCUT2D eigenvalue weighted by Crippen LogP contribution is -2.36. The third kappa shape index (κ3) is 5.36. The van der Waals surface area contributed by atoms with Gasteiger partial charge < -0.3 is 19.8 Å². The lowest BCUT2D eigenvalue weighted by Gasteiger charge is -2.30. The number of ether oxygens (including phenoxy) is 2. The average molecular weight is 505 g/mol. The zero-order valence-corrected chi connectivity index (χ0v) is 21.5. The Kier molecular flexibility index (Phi) is 7.23. The molecule has 3 aromatic rings. The van der Waals surface area contributed by atoms with Crippen molar-refractivity contribution in [1.82, 2.24) is 15.0 Å². The van der Waals surface area contributed by atoms with E-state index in [0.717, 1.165) is 59.3 Å². The first kappa shape index (κ1) is 25.0. The molecular formula is C28H36N6O3. The number of nitrogens with one attached hydrogen (secondary N) is 3. The summed E-state index contributed by atoms with van der Waals surface area (Å²) in [6.45, 7) is 2.94. The van der Waals surface area contributed by atoms with Crippen LogP contribution in [0.3, 0.4) is 0 Å². The molecule has 0 saturated heterocycles. The quantitative estimate of drug-likeness (QED) is 0.158. The fourth-order valence-electron chi connectivity index (χ4n) is 4.92. The molecule has 2 aromatic carbocycles. The lowest BCUT2D eigenvalue weighted by molar-refractivity contribution is 0.108. The maximum Gasteiger partial charge on any atom is 0.411 e. The van der Waals surface area contributed by atoms with E-state index in [1.807, 2.05) is 43.3 Å². The van der Waals surface area contributed by atoms with E-state index in [1.54, 1.807) is 12.1 Å². The van der Waals surface area contributed by atoms with Crippen LogP contribution in [0.1, 0.15) is 45.1 Å². The predicted molar refractivity (Wildman–Crippen MR) is 147 cm³/mol. The molecule has 0 radical (unpaired) electrons. The number of benzene rings is 2. The molecule has 5 rings (SSSR count). The molecule has 9 heteroatoms. The highest BCUT2D eigenvalue weighted by molar-refractivity contribution is 6.02. The molecule has 196 valence electrons. The minimum atomic E-state index is -0.416. The molecule has 1 amide bonds. The molecule has 9 nitrogen and oxygen atoms in total. The summed E-state index contributed by atoms with van der Waals surface area (Å²) < 4.78 is 13.8. The molecule has 2 saturated carbocycles. The van der Waals surface area contributed by atoms with E-state index in [1.165, 1.54) is 12.8 Å². The Morgan fingerprint density at radius 1 is 1.22 bits per heavy atom. The first-order valence-electron chi connectivity index (χ1n) is 13.1. The fourth-order valence-corrected chi connectivity index (χ4v) is 4.92. The number of anilines is 2. The standard InChI is InChI=1S/C28H36N6O3/c1-18(19-6-7-19)37-28(35)32-21-10-8-20(9-11-21)27-26(30)24-16-23(36-15-14-33(17-29)31-2)12-13-25(24)34(27)22-4-3-5-22/h8-13,16-19,22,29,31H,3-7,14-15,30H2,1-2H3,(H,32,35)/t18-/m1/s1. The van der Waals surface area contributed by atoms with E-state index in [2.05, 4.69) is 21.4 Å². The lowest BCUT2D eigenvalue weighted by atomic mass is 9.92. The van der Waals surface area contributed by atoms with Gasteiger partial charge in [0, 0.05) is 29.7 Å². The van der Waals surface area contributed by atoms with Gasteiger partial charge in [-0.3, -0.25) is 15.7 Å². The van der Waals surface area contributed by atoms with Gasteiger partial charge >= 0.3 is 6.09 Å². The third-order valence-corrected chi connectivity index (χ3v) is 7.48. The van der Waals surface area contributed by atoms with Crippen molar-refractivity contribution in [2.24, 2.45) is 5.92 Å². The number of carbonyl (C=O) groups excluding carboxylic acids is 1. The average Bonchev–Trinajstić information content (AvgIpc) is 3.68. The van der Waals surface area contributed by atoms with Gasteiger partial charge in [0.15, 0.2) is 0 Å². The number of carbonyl (C=O) groups is 1. The van der Waals surface area contributed by atoms with Gasteiger partial charge in [-0.05, 0) is 75.3 Å². The normalized spacial score (nSPS) is 16.2. The van der Waals surface area contributed by atoms with E-state index in [9.17, 15) is 4.79 Å². The molecule has 5 N–H and O–H groups in total. The minimum absolute atomic E-state index is 0.0515. The first-order chi connectivity index (χ1) is 18.0. The van der Waals surface area contributed by atoms with Crippen molar-refractivity contribution in [2.75, 3.05) is 31.2 Å². The van der Waals surface area contributed by atoms with Crippen LogP contribution in [0.2, 0.25) is 0 Å². The van der Waals surface area contributed by atoms with Crippen molar-refractivity contribution in [3.8, 4) is 17.0 Å². The summed E-state index contributed by atoms with van der Waals surface area (Å²) in [6.07, 6.45) is 6.49. The van der Waals surface area contributed by atoms with Crippen LogP contribution in [-0.2, 0) is 4.74 Å². The number of hydrogen-bond acceptors (Lipinski definition) is 6. The van der Waals surface area contributed by atoms with E-state index in [-0.39, 0.29) is 6.10 Å². The highest BCUT2D eigenvalue weighted by Crippen LogP contribution is 2.45. The summed E-state index contributed by atoms with van der Waals surface area (Å²) in [6, 6.07) is 14.3. The molecule has 0 aliphatic heterocycles. The van der Waals surface area contributed by atoms with Crippen LogP contribution in [-0.4, -0.2) is 48.3 Å². The van der Waals surface area contributed by atoms with E-state index in [4.69, 9.17) is 20.6 Å². The van der Waals surface area contributed by atoms with Crippen molar-refractivity contribution in [3.63, 3.8) is 0 Å². The van der Waals surface area contributed by atoms with E-state index >= 15 is 0 Å². The maximum atomic E-state index is 12.3. The Labute approximate surface area is 217 Å². The van der Waals surface area contributed by atoms with Crippen LogP contribution in [0.4, 0.5) is 16.2 Å². The molecular weight excluding hydrogens is 468 g/mol. The molecule has 0 unspecified atom stereocenters. The van der Waals surface area contributed by atoms with Gasteiger partial charge in [-0.15, -0.1) is 0 Å². The zero-order valence-electron chi connectivity index (χ0n) is 21.5. The fraction of sp³-hybridized carbons (Fsp3) is 0.429. The number of nitrogens with two attached hydrogens (primary N) is 1. The number of amides is 1. The van der Waals surface area contributed by atoms with Gasteiger partial charge in [-0.25, -0.2) is 10.2 Å². The molecule has 0 spiro atoms.